The van der Waals surface area contributed by atoms with Crippen molar-refractivity contribution < 1.29 is 19.2 Å². The van der Waals surface area contributed by atoms with Crippen LogP contribution in [-0.2, 0) is 16.1 Å². The van der Waals surface area contributed by atoms with Gasteiger partial charge in [-0.05, 0) is 49.6 Å². The van der Waals surface area contributed by atoms with Crippen LogP contribution in [0.1, 0.15) is 59.2 Å². The highest BCUT2D eigenvalue weighted by atomic mass is 79.9. The first kappa shape index (κ1) is 27.7. The number of anilines is 1. The van der Waals surface area contributed by atoms with Crippen LogP contribution in [0.2, 0.25) is 0 Å². The number of hydrogen-bond donors (Lipinski definition) is 2. The number of rotatable bonds is 10. The average molecular weight is 631 g/mol. The first-order valence-corrected chi connectivity index (χ1v) is 14.7. The Morgan fingerprint density at radius 3 is 2.69 bits per heavy atom. The molecule has 2 aliphatic heterocycles. The number of benzene rings is 2. The van der Waals surface area contributed by atoms with Gasteiger partial charge in [0.1, 0.15) is 6.04 Å². The van der Waals surface area contributed by atoms with Gasteiger partial charge in [-0.2, -0.15) is 5.10 Å². The second-order valence-electron chi connectivity index (χ2n) is 10.4. The number of carbonyl (C=O) groups is 4. The van der Waals surface area contributed by atoms with E-state index in [-0.39, 0.29) is 24.0 Å². The van der Waals surface area contributed by atoms with Crippen LogP contribution >= 0.6 is 15.9 Å². The molecule has 2 aromatic carbocycles. The molecule has 12 heteroatoms. The van der Waals surface area contributed by atoms with E-state index in [1.165, 1.54) is 0 Å². The lowest BCUT2D eigenvalue weighted by Gasteiger charge is -2.27. The van der Waals surface area contributed by atoms with E-state index >= 15 is 0 Å². The Bertz CT molecular complexity index is 1720. The zero-order chi connectivity index (χ0) is 29.2. The SMILES string of the molecule is O=C1CCC(N2C(=O)c3cccc(NCCCCCCn4cc(-c5cnc6cc(Br)ccc6n5)cn4)c3C2=O)C(=O)N1. The molecule has 0 saturated carbocycles. The number of aryl methyl sites for hydroxylation is 1. The highest BCUT2D eigenvalue weighted by molar-refractivity contribution is 9.10. The summed E-state index contributed by atoms with van der Waals surface area (Å²) in [6.45, 7) is 1.43. The Kier molecular flexibility index (Phi) is 7.79. The topological polar surface area (TPSA) is 139 Å². The minimum Gasteiger partial charge on any atom is -0.384 e. The van der Waals surface area contributed by atoms with Crippen molar-refractivity contribution in [3.63, 3.8) is 0 Å². The maximum atomic E-state index is 13.2. The van der Waals surface area contributed by atoms with Crippen molar-refractivity contribution in [1.29, 1.82) is 0 Å². The van der Waals surface area contributed by atoms with Crippen molar-refractivity contribution in [2.24, 2.45) is 0 Å². The summed E-state index contributed by atoms with van der Waals surface area (Å²) in [6.07, 6.45) is 9.63. The van der Waals surface area contributed by atoms with Crippen LogP contribution < -0.4 is 10.6 Å². The van der Waals surface area contributed by atoms with Crippen molar-refractivity contribution >= 4 is 56.3 Å². The summed E-state index contributed by atoms with van der Waals surface area (Å²) in [7, 11) is 0. The number of piperidine rings is 1. The molecule has 0 radical (unpaired) electrons. The number of unbranched alkanes of at least 4 members (excludes halogenated alkanes) is 3. The number of imide groups is 2. The molecule has 2 aliphatic rings. The van der Waals surface area contributed by atoms with Crippen LogP contribution in [0.3, 0.4) is 0 Å². The molecule has 11 nitrogen and oxygen atoms in total. The molecule has 0 aliphatic carbocycles. The van der Waals surface area contributed by atoms with E-state index in [2.05, 4.69) is 36.6 Å². The summed E-state index contributed by atoms with van der Waals surface area (Å²) >= 11 is 3.46. The minimum atomic E-state index is -0.975. The fourth-order valence-electron chi connectivity index (χ4n) is 5.38. The third-order valence-electron chi connectivity index (χ3n) is 7.53. The standard InChI is InChI=1S/C30H28BrN7O4/c31-19-8-9-21-23(14-19)33-16-24(35-21)18-15-34-37(17-18)13-4-2-1-3-12-32-22-7-5-6-20-27(22)30(42)38(29(20)41)25-10-11-26(39)36-28(25)40/h5-9,14-17,25,32H,1-4,10-13H2,(H,36,39,40). The van der Waals surface area contributed by atoms with Gasteiger partial charge in [0.2, 0.25) is 11.8 Å². The number of nitrogens with one attached hydrogen (secondary N) is 2. The molecule has 214 valence electrons. The third kappa shape index (κ3) is 5.54. The van der Waals surface area contributed by atoms with Gasteiger partial charge in [0.15, 0.2) is 0 Å². The van der Waals surface area contributed by atoms with Crippen molar-refractivity contribution in [1.82, 2.24) is 30.0 Å². The van der Waals surface area contributed by atoms with Crippen molar-refractivity contribution in [3.8, 4) is 11.3 Å². The molecule has 1 fully saturated rings. The van der Waals surface area contributed by atoms with E-state index in [9.17, 15) is 19.2 Å². The molecule has 2 aromatic heterocycles. The Balaban J connectivity index is 0.971. The molecule has 1 saturated heterocycles. The summed E-state index contributed by atoms with van der Waals surface area (Å²) in [5.41, 5.74) is 4.52. The zero-order valence-corrected chi connectivity index (χ0v) is 24.3. The summed E-state index contributed by atoms with van der Waals surface area (Å²) < 4.78 is 2.89. The maximum Gasteiger partial charge on any atom is 0.264 e. The third-order valence-corrected chi connectivity index (χ3v) is 8.02. The van der Waals surface area contributed by atoms with Crippen LogP contribution in [-0.4, -0.2) is 60.9 Å². The number of aromatic nitrogens is 4. The van der Waals surface area contributed by atoms with E-state index in [1.807, 2.05) is 35.3 Å². The Hall–Kier alpha value is -4.45. The number of halogens is 1. The molecular formula is C30H28BrN7O4. The molecule has 0 spiro atoms. The van der Waals surface area contributed by atoms with Crippen molar-refractivity contribution in [2.75, 3.05) is 11.9 Å². The van der Waals surface area contributed by atoms with E-state index in [1.54, 1.807) is 24.4 Å². The second kappa shape index (κ2) is 11.8. The minimum absolute atomic E-state index is 0.0913. The predicted octanol–water partition coefficient (Wildman–Crippen LogP) is 4.33. The van der Waals surface area contributed by atoms with Gasteiger partial charge in [0.05, 0.1) is 40.2 Å². The fourth-order valence-corrected chi connectivity index (χ4v) is 5.73. The van der Waals surface area contributed by atoms with Gasteiger partial charge >= 0.3 is 0 Å². The Morgan fingerprint density at radius 2 is 1.83 bits per heavy atom. The molecule has 2 N–H and O–H groups in total. The molecule has 6 rings (SSSR count). The highest BCUT2D eigenvalue weighted by Crippen LogP contribution is 2.32. The van der Waals surface area contributed by atoms with Crippen LogP contribution in [0.15, 0.2) is 59.5 Å². The van der Waals surface area contributed by atoms with Gasteiger partial charge in [0.25, 0.3) is 11.8 Å². The summed E-state index contributed by atoms with van der Waals surface area (Å²) in [5.74, 6) is -2.02. The van der Waals surface area contributed by atoms with Crippen LogP contribution in [0, 0.1) is 0 Å². The average Bonchev–Trinajstić information content (AvgIpc) is 3.55. The van der Waals surface area contributed by atoms with Gasteiger partial charge in [-0.15, -0.1) is 0 Å². The molecule has 4 amide bonds. The summed E-state index contributed by atoms with van der Waals surface area (Å²) in [5, 5.41) is 10.00. The molecule has 1 unspecified atom stereocenters. The molecule has 4 aromatic rings. The normalized spacial score (nSPS) is 16.7. The number of carbonyl (C=O) groups excluding carboxylic acids is 4. The van der Waals surface area contributed by atoms with Crippen LogP contribution in [0.4, 0.5) is 5.69 Å². The summed E-state index contributed by atoms with van der Waals surface area (Å²) in [4.78, 5) is 60.2. The van der Waals surface area contributed by atoms with Gasteiger partial charge in [-0.3, -0.25) is 39.1 Å². The van der Waals surface area contributed by atoms with E-state index < -0.39 is 29.7 Å². The largest absolute Gasteiger partial charge is 0.384 e. The molecular weight excluding hydrogens is 602 g/mol. The molecule has 0 bridgehead atoms. The van der Waals surface area contributed by atoms with Gasteiger partial charge < -0.3 is 5.32 Å². The first-order valence-electron chi connectivity index (χ1n) is 13.9. The van der Waals surface area contributed by atoms with Crippen LogP contribution in [0.25, 0.3) is 22.3 Å². The lowest BCUT2D eigenvalue weighted by Crippen LogP contribution is -2.54. The van der Waals surface area contributed by atoms with Gasteiger partial charge in [-0.25, -0.2) is 4.98 Å². The Labute approximate surface area is 249 Å². The lowest BCUT2D eigenvalue weighted by atomic mass is 10.0. The van der Waals surface area contributed by atoms with E-state index in [0.29, 0.717) is 12.2 Å². The molecule has 1 atom stereocenters. The van der Waals surface area contributed by atoms with Crippen LogP contribution in [0.5, 0.6) is 0 Å². The smallest absolute Gasteiger partial charge is 0.264 e. The lowest BCUT2D eigenvalue weighted by molar-refractivity contribution is -0.136. The van der Waals surface area contributed by atoms with Crippen molar-refractivity contribution in [3.05, 3.63) is 70.6 Å². The maximum absolute atomic E-state index is 13.2. The number of fused-ring (bicyclic) bond motifs is 2. The zero-order valence-electron chi connectivity index (χ0n) is 22.7. The number of hydrogen-bond acceptors (Lipinski definition) is 8. The fraction of sp³-hybridized carbons (Fsp3) is 0.300. The molecule has 4 heterocycles. The Morgan fingerprint density at radius 1 is 0.976 bits per heavy atom. The second-order valence-corrected chi connectivity index (χ2v) is 11.3. The predicted molar refractivity (Wildman–Crippen MR) is 159 cm³/mol. The van der Waals surface area contributed by atoms with E-state index in [0.717, 1.165) is 63.9 Å². The number of nitrogens with zero attached hydrogens (tertiary/aromatic N) is 5. The monoisotopic (exact) mass is 629 g/mol. The molecule has 42 heavy (non-hydrogen) atoms. The highest BCUT2D eigenvalue weighted by Gasteiger charge is 2.45. The quantitative estimate of drug-likeness (QED) is 0.195. The van der Waals surface area contributed by atoms with E-state index in [4.69, 9.17) is 4.98 Å². The summed E-state index contributed by atoms with van der Waals surface area (Å²) in [6, 6.07) is 9.94. The van der Waals surface area contributed by atoms with Crippen molar-refractivity contribution in [2.45, 2.75) is 51.1 Å². The van der Waals surface area contributed by atoms with Gasteiger partial charge in [0, 0.05) is 41.4 Å². The number of amides is 4. The van der Waals surface area contributed by atoms with Gasteiger partial charge in [-0.1, -0.05) is 34.8 Å². The first-order chi connectivity index (χ1) is 20.4.